The van der Waals surface area contributed by atoms with Gasteiger partial charge in [0.25, 0.3) is 0 Å². The van der Waals surface area contributed by atoms with Crippen molar-refractivity contribution in [1.82, 2.24) is 19.3 Å². The minimum Gasteiger partial charge on any atom is -0.491 e. The zero-order valence-corrected chi connectivity index (χ0v) is 23.5. The second kappa shape index (κ2) is 12.2. The Bertz CT molecular complexity index is 1460. The molecule has 0 aliphatic carbocycles. The average Bonchev–Trinajstić information content (AvgIpc) is 3.67. The highest BCUT2D eigenvalue weighted by molar-refractivity contribution is 5.54. The summed E-state index contributed by atoms with van der Waals surface area (Å²) in [4.78, 5) is 21.5. The van der Waals surface area contributed by atoms with Crippen molar-refractivity contribution in [2.75, 3.05) is 49.2 Å². The third-order valence-electron chi connectivity index (χ3n) is 7.84. The summed E-state index contributed by atoms with van der Waals surface area (Å²) in [6, 6.07) is 20.3. The number of hydrogen-bond donors (Lipinski definition) is 0. The lowest BCUT2D eigenvalue weighted by molar-refractivity contribution is -0.0659. The molecule has 2 aromatic carbocycles. The van der Waals surface area contributed by atoms with Crippen LogP contribution in [0.2, 0.25) is 0 Å². The highest BCUT2D eigenvalue weighted by Crippen LogP contribution is 2.28. The molecule has 2 aliphatic rings. The molecule has 0 N–H and O–H groups in total. The maximum absolute atomic E-state index is 12.7. The summed E-state index contributed by atoms with van der Waals surface area (Å²) in [5.41, 5.74) is 4.03. The maximum Gasteiger partial charge on any atom is 0.350 e. The number of aromatic nitrogens is 4. The molecule has 10 heteroatoms. The van der Waals surface area contributed by atoms with Crippen LogP contribution in [0.4, 0.5) is 11.4 Å². The van der Waals surface area contributed by atoms with Crippen LogP contribution in [0.15, 0.2) is 84.2 Å². The summed E-state index contributed by atoms with van der Waals surface area (Å²) in [6.07, 6.45) is 5.46. The van der Waals surface area contributed by atoms with E-state index in [4.69, 9.17) is 14.2 Å². The van der Waals surface area contributed by atoms with Gasteiger partial charge in [0.1, 0.15) is 24.8 Å². The first-order valence-electron chi connectivity index (χ1n) is 14.3. The molecule has 0 bridgehead atoms. The number of anilines is 2. The van der Waals surface area contributed by atoms with Gasteiger partial charge in [-0.2, -0.15) is 5.10 Å². The van der Waals surface area contributed by atoms with Gasteiger partial charge >= 0.3 is 5.69 Å². The van der Waals surface area contributed by atoms with E-state index in [1.807, 2.05) is 43.3 Å². The normalized spacial score (nSPS) is 19.9. The van der Waals surface area contributed by atoms with Gasteiger partial charge in [-0.3, -0.25) is 4.98 Å². The van der Waals surface area contributed by atoms with E-state index < -0.39 is 0 Å². The van der Waals surface area contributed by atoms with E-state index in [0.717, 1.165) is 55.3 Å². The van der Waals surface area contributed by atoms with Crippen LogP contribution in [0, 0.1) is 0 Å². The zero-order chi connectivity index (χ0) is 28.2. The average molecular weight is 557 g/mol. The van der Waals surface area contributed by atoms with E-state index >= 15 is 0 Å². The predicted octanol–water partition coefficient (Wildman–Crippen LogP) is 4.22. The van der Waals surface area contributed by atoms with Gasteiger partial charge in [-0.1, -0.05) is 6.92 Å². The van der Waals surface area contributed by atoms with E-state index in [-0.39, 0.29) is 24.1 Å². The molecule has 3 atom stereocenters. The van der Waals surface area contributed by atoms with Crippen LogP contribution in [-0.4, -0.2) is 64.8 Å². The van der Waals surface area contributed by atoms with Gasteiger partial charge in [0.15, 0.2) is 6.29 Å². The molecule has 1 unspecified atom stereocenters. The van der Waals surface area contributed by atoms with Gasteiger partial charge in [0.05, 0.1) is 18.3 Å². The minimum absolute atomic E-state index is 0.0798. The lowest BCUT2D eigenvalue weighted by Gasteiger charge is -2.37. The molecule has 41 heavy (non-hydrogen) atoms. The Balaban J connectivity index is 0.984. The number of ether oxygens (including phenoxy) is 3. The van der Waals surface area contributed by atoms with Gasteiger partial charge in [-0.25, -0.2) is 14.0 Å². The van der Waals surface area contributed by atoms with Crippen molar-refractivity contribution in [3.8, 4) is 11.4 Å². The van der Waals surface area contributed by atoms with Gasteiger partial charge in [-0.05, 0) is 74.0 Å². The zero-order valence-electron chi connectivity index (χ0n) is 23.5. The molecule has 0 saturated carbocycles. The van der Waals surface area contributed by atoms with Crippen LogP contribution < -0.4 is 20.2 Å². The van der Waals surface area contributed by atoms with Gasteiger partial charge in [0, 0.05) is 55.5 Å². The van der Waals surface area contributed by atoms with Crippen LogP contribution in [0.3, 0.4) is 0 Å². The number of nitrogens with zero attached hydrogens (tertiary/aromatic N) is 6. The molecule has 4 aromatic rings. The molecular weight excluding hydrogens is 520 g/mol. The summed E-state index contributed by atoms with van der Waals surface area (Å²) in [7, 11) is 0. The van der Waals surface area contributed by atoms with Crippen LogP contribution in [-0.2, 0) is 9.47 Å². The fourth-order valence-corrected chi connectivity index (χ4v) is 5.19. The van der Waals surface area contributed by atoms with Crippen molar-refractivity contribution in [3.05, 3.63) is 95.4 Å². The second-order valence-electron chi connectivity index (χ2n) is 10.5. The second-order valence-corrected chi connectivity index (χ2v) is 10.5. The molecule has 10 nitrogen and oxygen atoms in total. The van der Waals surface area contributed by atoms with Crippen LogP contribution in [0.5, 0.6) is 5.75 Å². The number of piperazine rings is 1. The van der Waals surface area contributed by atoms with Crippen molar-refractivity contribution < 1.29 is 14.2 Å². The van der Waals surface area contributed by atoms with Gasteiger partial charge < -0.3 is 24.0 Å². The Morgan fingerprint density at radius 2 is 1.51 bits per heavy atom. The number of benzene rings is 2. The quantitative estimate of drug-likeness (QED) is 0.303. The maximum atomic E-state index is 12.7. The monoisotopic (exact) mass is 556 g/mol. The molecule has 214 valence electrons. The van der Waals surface area contributed by atoms with E-state index in [1.54, 1.807) is 28.0 Å². The molecule has 4 heterocycles. The Labute approximate surface area is 239 Å². The van der Waals surface area contributed by atoms with E-state index in [2.05, 4.69) is 51.1 Å². The first-order chi connectivity index (χ1) is 20.1. The van der Waals surface area contributed by atoms with Crippen LogP contribution in [0.25, 0.3) is 5.69 Å². The highest BCUT2D eigenvalue weighted by Gasteiger charge is 2.28. The van der Waals surface area contributed by atoms with Crippen LogP contribution >= 0.6 is 0 Å². The lowest BCUT2D eigenvalue weighted by atomic mass is 10.2. The SMILES string of the molecule is CCC(C)n1ncn(-c2ccc(N3CCN(c4ccc(OC[C@@H]5CO[C@@H](c6ccncc6)O5)cc4)CC3)cc2)c1=O. The Kier molecular flexibility index (Phi) is 8.02. The summed E-state index contributed by atoms with van der Waals surface area (Å²) in [5, 5.41) is 4.29. The van der Waals surface area contributed by atoms with Gasteiger partial charge in [0.2, 0.25) is 0 Å². The molecule has 2 aromatic heterocycles. The fraction of sp³-hybridized carbons (Fsp3) is 0.387. The predicted molar refractivity (Wildman–Crippen MR) is 157 cm³/mol. The molecule has 2 aliphatic heterocycles. The van der Waals surface area contributed by atoms with Crippen molar-refractivity contribution >= 4 is 11.4 Å². The van der Waals surface area contributed by atoms with Crippen molar-refractivity contribution in [2.24, 2.45) is 0 Å². The third kappa shape index (κ3) is 5.98. The molecule has 2 fully saturated rings. The molecule has 0 radical (unpaired) electrons. The smallest absolute Gasteiger partial charge is 0.350 e. The van der Waals surface area contributed by atoms with E-state index in [1.165, 1.54) is 5.69 Å². The Morgan fingerprint density at radius 3 is 2.15 bits per heavy atom. The first-order valence-corrected chi connectivity index (χ1v) is 14.3. The summed E-state index contributed by atoms with van der Waals surface area (Å²) in [5.74, 6) is 0.817. The van der Waals surface area contributed by atoms with E-state index in [0.29, 0.717) is 13.2 Å². The summed E-state index contributed by atoms with van der Waals surface area (Å²) in [6.45, 7) is 8.68. The van der Waals surface area contributed by atoms with Crippen molar-refractivity contribution in [1.29, 1.82) is 0 Å². The Morgan fingerprint density at radius 1 is 0.902 bits per heavy atom. The molecule has 0 spiro atoms. The minimum atomic E-state index is -0.366. The lowest BCUT2D eigenvalue weighted by Crippen LogP contribution is -2.46. The van der Waals surface area contributed by atoms with Crippen molar-refractivity contribution in [2.45, 2.75) is 38.7 Å². The largest absolute Gasteiger partial charge is 0.491 e. The molecular formula is C31H36N6O4. The Hall–Kier alpha value is -4.15. The topological polar surface area (TPSA) is 86.9 Å². The third-order valence-corrected chi connectivity index (χ3v) is 7.84. The first kappa shape index (κ1) is 27.0. The fourth-order valence-electron chi connectivity index (χ4n) is 5.19. The highest BCUT2D eigenvalue weighted by atomic mass is 16.7. The number of rotatable bonds is 9. The van der Waals surface area contributed by atoms with Gasteiger partial charge in [-0.15, -0.1) is 0 Å². The standard InChI is InChI=1S/C31H36N6O4/c1-3-23(2)37-31(38)36(22-33-37)27-6-4-25(5-7-27)34-16-18-35(19-17-34)26-8-10-28(11-9-26)39-20-29-21-40-30(41-29)24-12-14-32-15-13-24/h4-15,22-23,29-30H,3,16-21H2,1-2H3/t23?,29-,30-/m1/s1. The van der Waals surface area contributed by atoms with E-state index in [9.17, 15) is 4.79 Å². The summed E-state index contributed by atoms with van der Waals surface area (Å²) >= 11 is 0. The van der Waals surface area contributed by atoms with Crippen LogP contribution in [0.1, 0.15) is 38.2 Å². The van der Waals surface area contributed by atoms with Crippen molar-refractivity contribution in [3.63, 3.8) is 0 Å². The number of pyridine rings is 1. The summed E-state index contributed by atoms with van der Waals surface area (Å²) < 4.78 is 20.9. The number of hydrogen-bond acceptors (Lipinski definition) is 8. The molecule has 0 amide bonds. The molecule has 6 rings (SSSR count). The molecule has 2 saturated heterocycles.